The first-order valence-electron chi connectivity index (χ1n) is 6.97. The van der Waals surface area contributed by atoms with Crippen LogP contribution in [0.3, 0.4) is 0 Å². The van der Waals surface area contributed by atoms with Crippen molar-refractivity contribution < 1.29 is 13.6 Å². The number of pyridine rings is 1. The first-order chi connectivity index (χ1) is 11.6. The van der Waals surface area contributed by atoms with Crippen LogP contribution in [0.1, 0.15) is 10.4 Å². The van der Waals surface area contributed by atoms with Crippen molar-refractivity contribution in [2.75, 3.05) is 5.75 Å². The summed E-state index contributed by atoms with van der Waals surface area (Å²) < 4.78 is 27.9. The van der Waals surface area contributed by atoms with Gasteiger partial charge < -0.3 is 4.57 Å². The van der Waals surface area contributed by atoms with Crippen LogP contribution >= 0.6 is 11.8 Å². The van der Waals surface area contributed by atoms with Gasteiger partial charge in [0.2, 0.25) is 0 Å². The zero-order valence-corrected chi connectivity index (χ0v) is 13.4. The summed E-state index contributed by atoms with van der Waals surface area (Å²) in [5, 5.41) is 8.69. The summed E-state index contributed by atoms with van der Waals surface area (Å²) >= 11 is 1.18. The van der Waals surface area contributed by atoms with Gasteiger partial charge in [-0.2, -0.15) is 0 Å². The number of carbonyl (C=O) groups excluding carboxylic acids is 1. The lowest BCUT2D eigenvalue weighted by Gasteiger charge is -2.04. The molecule has 3 aromatic rings. The van der Waals surface area contributed by atoms with Crippen molar-refractivity contribution in [1.82, 2.24) is 19.7 Å². The summed E-state index contributed by atoms with van der Waals surface area (Å²) in [7, 11) is 1.78. The van der Waals surface area contributed by atoms with Gasteiger partial charge in [-0.3, -0.25) is 9.78 Å². The van der Waals surface area contributed by atoms with Gasteiger partial charge >= 0.3 is 0 Å². The molecule has 0 unspecified atom stereocenters. The van der Waals surface area contributed by atoms with Gasteiger partial charge in [-0.15, -0.1) is 10.2 Å². The predicted octanol–water partition coefficient (Wildman–Crippen LogP) is 3.13. The third-order valence-corrected chi connectivity index (χ3v) is 4.35. The number of benzene rings is 1. The van der Waals surface area contributed by atoms with E-state index in [9.17, 15) is 13.6 Å². The largest absolute Gasteiger partial charge is 0.305 e. The minimum absolute atomic E-state index is 0.0457. The number of halogens is 2. The van der Waals surface area contributed by atoms with Gasteiger partial charge in [-0.05, 0) is 30.3 Å². The van der Waals surface area contributed by atoms with E-state index in [0.717, 1.165) is 17.7 Å². The van der Waals surface area contributed by atoms with Gasteiger partial charge in [-0.25, -0.2) is 8.78 Å². The highest BCUT2D eigenvalue weighted by Gasteiger charge is 2.15. The molecule has 0 aliphatic rings. The highest BCUT2D eigenvalue weighted by molar-refractivity contribution is 7.99. The lowest BCUT2D eigenvalue weighted by atomic mass is 10.1. The van der Waals surface area contributed by atoms with Crippen molar-refractivity contribution in [1.29, 1.82) is 0 Å². The molecule has 0 N–H and O–H groups in total. The third-order valence-electron chi connectivity index (χ3n) is 3.33. The molecular formula is C16H12F2N4OS. The summed E-state index contributed by atoms with van der Waals surface area (Å²) in [5.41, 5.74) is 0.933. The second kappa shape index (κ2) is 6.88. The third kappa shape index (κ3) is 3.33. The van der Waals surface area contributed by atoms with Crippen molar-refractivity contribution in [3.63, 3.8) is 0 Å². The van der Waals surface area contributed by atoms with E-state index in [-0.39, 0.29) is 17.1 Å². The molecule has 1 aromatic carbocycles. The smallest absolute Gasteiger partial charge is 0.191 e. The summed E-state index contributed by atoms with van der Waals surface area (Å²) in [6.45, 7) is 0. The average molecular weight is 346 g/mol. The van der Waals surface area contributed by atoms with Gasteiger partial charge in [0.1, 0.15) is 0 Å². The average Bonchev–Trinajstić information content (AvgIpc) is 2.96. The van der Waals surface area contributed by atoms with Crippen LogP contribution in [0.5, 0.6) is 0 Å². The van der Waals surface area contributed by atoms with Crippen LogP contribution in [0, 0.1) is 11.6 Å². The molecule has 3 rings (SSSR count). The maximum Gasteiger partial charge on any atom is 0.191 e. The van der Waals surface area contributed by atoms with Crippen molar-refractivity contribution in [3.05, 3.63) is 59.9 Å². The molecule has 0 saturated heterocycles. The van der Waals surface area contributed by atoms with Crippen molar-refractivity contribution in [2.45, 2.75) is 5.16 Å². The van der Waals surface area contributed by atoms with E-state index in [4.69, 9.17) is 0 Å². The van der Waals surface area contributed by atoms with Crippen LogP contribution < -0.4 is 0 Å². The van der Waals surface area contributed by atoms with Crippen LogP contribution in [0.25, 0.3) is 11.4 Å². The van der Waals surface area contributed by atoms with Crippen molar-refractivity contribution >= 4 is 17.5 Å². The Hall–Kier alpha value is -2.61. The monoisotopic (exact) mass is 346 g/mol. The maximum atomic E-state index is 13.2. The second-order valence-corrected chi connectivity index (χ2v) is 5.89. The first-order valence-corrected chi connectivity index (χ1v) is 7.95. The molecule has 0 saturated carbocycles. The zero-order chi connectivity index (χ0) is 17.1. The topological polar surface area (TPSA) is 60.7 Å². The molecule has 0 amide bonds. The Morgan fingerprint density at radius 3 is 2.75 bits per heavy atom. The number of carbonyl (C=O) groups is 1. The Balaban J connectivity index is 1.72. The SMILES string of the molecule is Cn1c(SCC(=O)c2ccc(F)c(F)c2)nnc1-c1cccnc1. The normalized spacial score (nSPS) is 10.8. The molecule has 0 radical (unpaired) electrons. The fourth-order valence-corrected chi connectivity index (χ4v) is 2.88. The molecule has 0 aliphatic carbocycles. The Morgan fingerprint density at radius 1 is 1.21 bits per heavy atom. The molecule has 24 heavy (non-hydrogen) atoms. The predicted molar refractivity (Wildman–Crippen MR) is 85.6 cm³/mol. The minimum Gasteiger partial charge on any atom is -0.305 e. The zero-order valence-electron chi connectivity index (χ0n) is 12.6. The standard InChI is InChI=1S/C16H12F2N4OS/c1-22-15(11-3-2-6-19-8-11)20-21-16(22)24-9-14(23)10-4-5-12(17)13(18)7-10/h2-8H,9H2,1H3. The molecular weight excluding hydrogens is 334 g/mol. The fraction of sp³-hybridized carbons (Fsp3) is 0.125. The first kappa shape index (κ1) is 16.3. The molecule has 122 valence electrons. The van der Waals surface area contributed by atoms with E-state index in [2.05, 4.69) is 15.2 Å². The number of hydrogen-bond acceptors (Lipinski definition) is 5. The fourth-order valence-electron chi connectivity index (χ4n) is 2.07. The van der Waals surface area contributed by atoms with E-state index < -0.39 is 11.6 Å². The second-order valence-electron chi connectivity index (χ2n) is 4.95. The quantitative estimate of drug-likeness (QED) is 0.525. The molecule has 0 fully saturated rings. The molecule has 5 nitrogen and oxygen atoms in total. The van der Waals surface area contributed by atoms with Crippen LogP contribution in [0.2, 0.25) is 0 Å². The van der Waals surface area contributed by atoms with Gasteiger partial charge in [0, 0.05) is 30.6 Å². The van der Waals surface area contributed by atoms with Crippen LogP contribution in [0.4, 0.5) is 8.78 Å². The number of thioether (sulfide) groups is 1. The summed E-state index contributed by atoms with van der Waals surface area (Å²) in [6.07, 6.45) is 3.33. The lowest BCUT2D eigenvalue weighted by Crippen LogP contribution is -2.05. The van der Waals surface area contributed by atoms with Crippen LogP contribution in [0.15, 0.2) is 47.9 Å². The highest BCUT2D eigenvalue weighted by Crippen LogP contribution is 2.22. The molecule has 0 aliphatic heterocycles. The number of Topliss-reactive ketones (excluding diaryl/α,β-unsaturated/α-hetero) is 1. The molecule has 2 heterocycles. The van der Waals surface area contributed by atoms with E-state index in [1.165, 1.54) is 17.8 Å². The van der Waals surface area contributed by atoms with Gasteiger partial charge in [0.25, 0.3) is 0 Å². The molecule has 0 bridgehead atoms. The Labute approximate surface area is 140 Å². The van der Waals surface area contributed by atoms with Gasteiger partial charge in [-0.1, -0.05) is 11.8 Å². The molecule has 0 spiro atoms. The Bertz CT molecular complexity index is 883. The van der Waals surface area contributed by atoms with Crippen LogP contribution in [-0.2, 0) is 7.05 Å². The number of ketones is 1. The molecule has 8 heteroatoms. The van der Waals surface area contributed by atoms with E-state index >= 15 is 0 Å². The minimum atomic E-state index is -1.04. The molecule has 2 aromatic heterocycles. The lowest BCUT2D eigenvalue weighted by molar-refractivity contribution is 0.102. The summed E-state index contributed by atoms with van der Waals surface area (Å²) in [5.74, 6) is -1.66. The van der Waals surface area contributed by atoms with Crippen LogP contribution in [-0.4, -0.2) is 31.3 Å². The summed E-state index contributed by atoms with van der Waals surface area (Å²) in [6, 6.07) is 6.76. The number of rotatable bonds is 5. The van der Waals surface area contributed by atoms with Crippen molar-refractivity contribution in [3.8, 4) is 11.4 Å². The molecule has 0 atom stereocenters. The number of nitrogens with zero attached hydrogens (tertiary/aromatic N) is 4. The maximum absolute atomic E-state index is 13.2. The number of hydrogen-bond donors (Lipinski definition) is 0. The van der Waals surface area contributed by atoms with E-state index in [1.54, 1.807) is 30.1 Å². The van der Waals surface area contributed by atoms with Crippen molar-refractivity contribution in [2.24, 2.45) is 7.05 Å². The van der Waals surface area contributed by atoms with Gasteiger partial charge in [0.15, 0.2) is 28.4 Å². The Kier molecular flexibility index (Phi) is 4.66. The number of aromatic nitrogens is 4. The summed E-state index contributed by atoms with van der Waals surface area (Å²) in [4.78, 5) is 16.1. The van der Waals surface area contributed by atoms with E-state index in [1.807, 2.05) is 6.07 Å². The highest BCUT2D eigenvalue weighted by atomic mass is 32.2. The van der Waals surface area contributed by atoms with Gasteiger partial charge in [0.05, 0.1) is 5.75 Å². The Morgan fingerprint density at radius 2 is 2.04 bits per heavy atom. The van der Waals surface area contributed by atoms with E-state index in [0.29, 0.717) is 11.0 Å².